The molecule has 0 saturated carbocycles. The molecular formula is C23H33N3O2. The Morgan fingerprint density at radius 2 is 1.79 bits per heavy atom. The van der Waals surface area contributed by atoms with Gasteiger partial charge in [0, 0.05) is 32.0 Å². The lowest BCUT2D eigenvalue weighted by Crippen LogP contribution is -2.44. The van der Waals surface area contributed by atoms with Crippen LogP contribution in [0.25, 0.3) is 0 Å². The summed E-state index contributed by atoms with van der Waals surface area (Å²) < 4.78 is 5.96. The number of hydrogen-bond acceptors (Lipinski definition) is 5. The van der Waals surface area contributed by atoms with E-state index in [1.54, 1.807) is 12.4 Å². The third-order valence-corrected chi connectivity index (χ3v) is 5.42. The van der Waals surface area contributed by atoms with Crippen LogP contribution in [0.1, 0.15) is 56.9 Å². The molecule has 2 aromatic rings. The lowest BCUT2D eigenvalue weighted by Gasteiger charge is -2.38. The molecule has 2 heterocycles. The molecule has 1 aliphatic rings. The van der Waals surface area contributed by atoms with Crippen LogP contribution in [0, 0.1) is 6.92 Å². The van der Waals surface area contributed by atoms with Crippen LogP contribution in [0.5, 0.6) is 5.88 Å². The van der Waals surface area contributed by atoms with E-state index < -0.39 is 5.60 Å². The summed E-state index contributed by atoms with van der Waals surface area (Å²) in [5.74, 6) is 0.607. The zero-order valence-electron chi connectivity index (χ0n) is 17.6. The van der Waals surface area contributed by atoms with Crippen LogP contribution in [0.15, 0.2) is 36.7 Å². The van der Waals surface area contributed by atoms with Crippen molar-refractivity contribution in [1.29, 1.82) is 0 Å². The van der Waals surface area contributed by atoms with Gasteiger partial charge in [0.1, 0.15) is 11.3 Å². The van der Waals surface area contributed by atoms with Crippen molar-refractivity contribution < 1.29 is 9.84 Å². The maximum absolute atomic E-state index is 11.0. The zero-order valence-corrected chi connectivity index (χ0v) is 17.6. The van der Waals surface area contributed by atoms with Gasteiger partial charge in [-0.15, -0.1) is 0 Å². The smallest absolute Gasteiger partial charge is 0.237 e. The summed E-state index contributed by atoms with van der Waals surface area (Å²) in [4.78, 5) is 11.2. The van der Waals surface area contributed by atoms with Crippen LogP contribution < -0.4 is 4.74 Å². The molecule has 1 aliphatic heterocycles. The van der Waals surface area contributed by atoms with E-state index >= 15 is 0 Å². The summed E-state index contributed by atoms with van der Waals surface area (Å²) in [7, 11) is 0. The van der Waals surface area contributed by atoms with Gasteiger partial charge in [0.05, 0.1) is 5.60 Å². The minimum atomic E-state index is -0.577. The Morgan fingerprint density at radius 1 is 1.11 bits per heavy atom. The van der Waals surface area contributed by atoms with Gasteiger partial charge in [-0.05, 0) is 64.5 Å². The van der Waals surface area contributed by atoms with Crippen LogP contribution >= 0.6 is 0 Å². The Labute approximate surface area is 168 Å². The molecule has 0 unspecified atom stereocenters. The average Bonchev–Trinajstić information content (AvgIpc) is 2.64. The molecule has 0 aliphatic carbocycles. The number of likely N-dealkylation sites (tertiary alicyclic amines) is 1. The monoisotopic (exact) mass is 383 g/mol. The van der Waals surface area contributed by atoms with Crippen molar-refractivity contribution in [3.05, 3.63) is 53.5 Å². The van der Waals surface area contributed by atoms with Gasteiger partial charge in [-0.3, -0.25) is 9.88 Å². The molecule has 0 amide bonds. The van der Waals surface area contributed by atoms with E-state index in [9.17, 15) is 5.11 Å². The topological polar surface area (TPSA) is 58.5 Å². The number of nitrogens with zero attached hydrogens (tertiary/aromatic N) is 3. The summed E-state index contributed by atoms with van der Waals surface area (Å²) >= 11 is 0. The van der Waals surface area contributed by atoms with E-state index in [2.05, 4.69) is 46.1 Å². The van der Waals surface area contributed by atoms with Crippen LogP contribution in [-0.2, 0) is 13.0 Å². The molecule has 3 rings (SSSR count). The average molecular weight is 384 g/mol. The lowest BCUT2D eigenvalue weighted by atomic mass is 9.85. The summed E-state index contributed by atoms with van der Waals surface area (Å²) in [5, 5.41) is 11.0. The Kier molecular flexibility index (Phi) is 6.36. The van der Waals surface area contributed by atoms with Gasteiger partial charge in [0.15, 0.2) is 0 Å². The van der Waals surface area contributed by atoms with Gasteiger partial charge in [0.2, 0.25) is 5.88 Å². The number of ether oxygens (including phenoxy) is 1. The van der Waals surface area contributed by atoms with E-state index in [1.807, 2.05) is 20.8 Å². The molecule has 1 fully saturated rings. The van der Waals surface area contributed by atoms with Crippen molar-refractivity contribution in [3.8, 4) is 5.88 Å². The van der Waals surface area contributed by atoms with Crippen LogP contribution in [0.3, 0.4) is 0 Å². The number of aliphatic hydroxyl groups is 1. The highest BCUT2D eigenvalue weighted by molar-refractivity contribution is 5.26. The van der Waals surface area contributed by atoms with Crippen molar-refractivity contribution in [1.82, 2.24) is 14.9 Å². The predicted molar refractivity (Wildman–Crippen MR) is 111 cm³/mol. The fourth-order valence-electron chi connectivity index (χ4n) is 3.68. The maximum atomic E-state index is 11.0. The number of hydrogen-bond donors (Lipinski definition) is 1. The quantitative estimate of drug-likeness (QED) is 0.819. The highest BCUT2D eigenvalue weighted by Gasteiger charge is 2.32. The molecule has 1 N–H and O–H groups in total. The summed E-state index contributed by atoms with van der Waals surface area (Å²) in [5.41, 5.74) is 2.62. The second kappa shape index (κ2) is 8.58. The van der Waals surface area contributed by atoms with E-state index in [-0.39, 0.29) is 5.60 Å². The third-order valence-electron chi connectivity index (χ3n) is 5.42. The second-order valence-electron chi connectivity index (χ2n) is 8.95. The number of aryl methyl sites for hydroxylation is 2. The Morgan fingerprint density at radius 3 is 2.46 bits per heavy atom. The molecular weight excluding hydrogens is 350 g/mol. The van der Waals surface area contributed by atoms with E-state index in [0.29, 0.717) is 12.4 Å². The molecule has 0 spiro atoms. The van der Waals surface area contributed by atoms with Crippen molar-refractivity contribution in [2.24, 2.45) is 0 Å². The minimum absolute atomic E-state index is 0.303. The highest BCUT2D eigenvalue weighted by atomic mass is 16.5. The predicted octanol–water partition coefficient (Wildman–Crippen LogP) is 3.92. The lowest BCUT2D eigenvalue weighted by molar-refractivity contribution is -0.0295. The number of rotatable bonds is 6. The standard InChI is InChI=1S/C23H33N3O2/c1-18-7-5-6-8-19(18)9-10-23(27)11-15-26(16-12-23)17-20-21(25-14-13-24-20)28-22(2,3)4/h5-8,13-14,27H,9-12,15-17H2,1-4H3. The molecule has 152 valence electrons. The van der Waals surface area contributed by atoms with Crippen LogP contribution in [0.2, 0.25) is 0 Å². The van der Waals surface area contributed by atoms with Gasteiger partial charge < -0.3 is 9.84 Å². The molecule has 0 atom stereocenters. The maximum Gasteiger partial charge on any atom is 0.237 e. The van der Waals surface area contributed by atoms with E-state index in [0.717, 1.165) is 44.5 Å². The SMILES string of the molecule is Cc1ccccc1CCC1(O)CCN(Cc2nccnc2OC(C)(C)C)CC1. The molecule has 5 heteroatoms. The zero-order chi connectivity index (χ0) is 20.2. The fourth-order valence-corrected chi connectivity index (χ4v) is 3.68. The largest absolute Gasteiger partial charge is 0.471 e. The van der Waals surface area contributed by atoms with Gasteiger partial charge in [0.25, 0.3) is 0 Å². The number of piperidine rings is 1. The highest BCUT2D eigenvalue weighted by Crippen LogP contribution is 2.29. The summed E-state index contributed by atoms with van der Waals surface area (Å²) in [6.07, 6.45) is 6.70. The van der Waals surface area contributed by atoms with Gasteiger partial charge in [-0.1, -0.05) is 24.3 Å². The third kappa shape index (κ3) is 5.76. The molecule has 1 saturated heterocycles. The molecule has 1 aromatic heterocycles. The van der Waals surface area contributed by atoms with Gasteiger partial charge in [-0.25, -0.2) is 4.98 Å². The van der Waals surface area contributed by atoms with Crippen LogP contribution in [-0.4, -0.2) is 44.3 Å². The molecule has 1 aromatic carbocycles. The Bertz CT molecular complexity index is 777. The van der Waals surface area contributed by atoms with Crippen molar-refractivity contribution in [3.63, 3.8) is 0 Å². The number of benzene rings is 1. The van der Waals surface area contributed by atoms with Crippen LogP contribution in [0.4, 0.5) is 0 Å². The van der Waals surface area contributed by atoms with Gasteiger partial charge >= 0.3 is 0 Å². The van der Waals surface area contributed by atoms with Crippen molar-refractivity contribution >= 4 is 0 Å². The Balaban J connectivity index is 1.55. The molecule has 0 radical (unpaired) electrons. The first-order chi connectivity index (χ1) is 13.2. The molecule has 28 heavy (non-hydrogen) atoms. The summed E-state index contributed by atoms with van der Waals surface area (Å²) in [6, 6.07) is 8.45. The molecule has 0 bridgehead atoms. The summed E-state index contributed by atoms with van der Waals surface area (Å²) in [6.45, 7) is 10.6. The van der Waals surface area contributed by atoms with E-state index in [1.165, 1.54) is 11.1 Å². The van der Waals surface area contributed by atoms with E-state index in [4.69, 9.17) is 4.74 Å². The first-order valence-corrected chi connectivity index (χ1v) is 10.2. The van der Waals surface area contributed by atoms with Crippen molar-refractivity contribution in [2.45, 2.75) is 71.1 Å². The first kappa shape index (κ1) is 20.7. The number of aromatic nitrogens is 2. The normalized spacial score (nSPS) is 17.5. The first-order valence-electron chi connectivity index (χ1n) is 10.2. The minimum Gasteiger partial charge on any atom is -0.471 e. The van der Waals surface area contributed by atoms with Gasteiger partial charge in [-0.2, -0.15) is 0 Å². The Hall–Kier alpha value is -1.98. The fraction of sp³-hybridized carbons (Fsp3) is 0.565. The molecule has 5 nitrogen and oxygen atoms in total. The van der Waals surface area contributed by atoms with Crippen molar-refractivity contribution in [2.75, 3.05) is 13.1 Å². The second-order valence-corrected chi connectivity index (χ2v) is 8.95.